The van der Waals surface area contributed by atoms with Gasteiger partial charge >= 0.3 is 6.09 Å². The van der Waals surface area contributed by atoms with Gasteiger partial charge in [0, 0.05) is 0 Å². The summed E-state index contributed by atoms with van der Waals surface area (Å²) in [5, 5.41) is 2.58. The highest BCUT2D eigenvalue weighted by molar-refractivity contribution is 7.16. The Morgan fingerprint density at radius 2 is 2.50 bits per heavy atom. The van der Waals surface area contributed by atoms with E-state index in [9.17, 15) is 4.79 Å². The Bertz CT molecular complexity index is 467. The van der Waals surface area contributed by atoms with E-state index in [1.807, 2.05) is 12.1 Å². The summed E-state index contributed by atoms with van der Waals surface area (Å²) in [6.45, 7) is 0. The van der Waals surface area contributed by atoms with Gasteiger partial charge in [-0.25, -0.2) is 9.78 Å². The average Bonchev–Trinajstić information content (AvgIpc) is 2.66. The number of ether oxygens (including phenoxy) is 1. The molecule has 0 aliphatic carbocycles. The summed E-state index contributed by atoms with van der Waals surface area (Å²) in [5.41, 5.74) is 4.15. The van der Waals surface area contributed by atoms with Gasteiger partial charge in [0.05, 0.1) is 17.5 Å². The van der Waals surface area contributed by atoms with Gasteiger partial charge in [0.1, 0.15) is 5.52 Å². The normalized spacial score (nSPS) is 10.1. The number of amides is 1. The molecule has 0 aliphatic rings. The maximum absolute atomic E-state index is 11.0. The lowest BCUT2D eigenvalue weighted by molar-refractivity contribution is 0.187. The van der Waals surface area contributed by atoms with Crippen molar-refractivity contribution in [3.05, 3.63) is 23.7 Å². The van der Waals surface area contributed by atoms with Crippen LogP contribution in [0.3, 0.4) is 0 Å². The molecule has 0 bridgehead atoms. The molecule has 0 fully saturated rings. The Kier molecular flexibility index (Phi) is 2.32. The van der Waals surface area contributed by atoms with Crippen LogP contribution in [0.2, 0.25) is 0 Å². The zero-order chi connectivity index (χ0) is 9.97. The Morgan fingerprint density at radius 3 is 3.29 bits per heavy atom. The van der Waals surface area contributed by atoms with Gasteiger partial charge in [0.2, 0.25) is 0 Å². The van der Waals surface area contributed by atoms with Gasteiger partial charge in [-0.2, -0.15) is 0 Å². The molecule has 0 saturated heterocycles. The van der Waals surface area contributed by atoms with Crippen molar-refractivity contribution in [3.63, 3.8) is 0 Å². The highest BCUT2D eigenvalue weighted by atomic mass is 32.1. The van der Waals surface area contributed by atoms with Crippen molar-refractivity contribution in [2.24, 2.45) is 0 Å². The van der Waals surface area contributed by atoms with Crippen LogP contribution in [-0.4, -0.2) is 18.2 Å². The smallest absolute Gasteiger partial charge is 0.411 e. The molecule has 2 rings (SSSR count). The second-order valence-corrected chi connectivity index (χ2v) is 3.40. The number of nitrogens with one attached hydrogen (secondary N) is 1. The third kappa shape index (κ3) is 1.54. The fourth-order valence-corrected chi connectivity index (χ4v) is 1.73. The number of hydrogen-bond donors (Lipinski definition) is 1. The fraction of sp³-hybridized carbons (Fsp3) is 0.111. The van der Waals surface area contributed by atoms with E-state index in [4.69, 9.17) is 0 Å². The average molecular weight is 207 g/mol. The number of rotatable bonds is 1. The van der Waals surface area contributed by atoms with E-state index in [2.05, 4.69) is 20.5 Å². The van der Waals surface area contributed by atoms with Crippen LogP contribution in [0.1, 0.15) is 0 Å². The molecule has 5 heteroatoms. The number of hydrogen-bond acceptors (Lipinski definition) is 4. The van der Waals surface area contributed by atoms with E-state index in [0.29, 0.717) is 5.69 Å². The van der Waals surface area contributed by atoms with E-state index in [1.165, 1.54) is 18.4 Å². The summed E-state index contributed by atoms with van der Waals surface area (Å²) in [6, 6.07) is 5.54. The Balaban J connectivity index is 2.41. The number of nitrogens with zero attached hydrogens (tertiary/aromatic N) is 1. The minimum Gasteiger partial charge on any atom is -0.453 e. The number of para-hydroxylation sites is 1. The van der Waals surface area contributed by atoms with E-state index in [-0.39, 0.29) is 0 Å². The van der Waals surface area contributed by atoms with Crippen LogP contribution in [0.25, 0.3) is 10.2 Å². The molecule has 2 aromatic rings. The number of methoxy groups -OCH3 is 1. The number of aromatic nitrogens is 1. The number of carbonyl (C=O) groups is 1. The predicted molar refractivity (Wildman–Crippen MR) is 54.5 cm³/mol. The van der Waals surface area contributed by atoms with Crippen LogP contribution in [0.15, 0.2) is 18.2 Å². The van der Waals surface area contributed by atoms with Crippen molar-refractivity contribution in [3.8, 4) is 0 Å². The Labute approximate surface area is 84.5 Å². The van der Waals surface area contributed by atoms with E-state index in [0.717, 1.165) is 10.2 Å². The predicted octanol–water partition coefficient (Wildman–Crippen LogP) is 2.27. The molecule has 0 aliphatic heterocycles. The lowest BCUT2D eigenvalue weighted by Gasteiger charge is -2.03. The summed E-state index contributed by atoms with van der Waals surface area (Å²) in [6.07, 6.45) is -0.495. The monoisotopic (exact) mass is 207 g/mol. The standard InChI is InChI=1S/C9H7N2O2S/c1-13-9(12)11-6-3-2-4-7-8(6)10-5-14-7/h2-4H,1H3,(H,11,12). The maximum Gasteiger partial charge on any atom is 0.411 e. The van der Waals surface area contributed by atoms with Gasteiger partial charge in [-0.1, -0.05) is 6.07 Å². The summed E-state index contributed by atoms with van der Waals surface area (Å²) in [5.74, 6) is 0. The van der Waals surface area contributed by atoms with Crippen LogP contribution in [0, 0.1) is 5.51 Å². The highest BCUT2D eigenvalue weighted by Gasteiger charge is 2.06. The van der Waals surface area contributed by atoms with Crippen LogP contribution < -0.4 is 5.32 Å². The van der Waals surface area contributed by atoms with Gasteiger partial charge in [0.15, 0.2) is 5.51 Å². The molecule has 1 N–H and O–H groups in total. The third-order valence-electron chi connectivity index (χ3n) is 1.73. The number of carbonyl (C=O) groups excluding carboxylic acids is 1. The zero-order valence-corrected chi connectivity index (χ0v) is 8.22. The third-order valence-corrected chi connectivity index (χ3v) is 2.47. The molecule has 0 spiro atoms. The van der Waals surface area contributed by atoms with Crippen molar-refractivity contribution in [2.45, 2.75) is 0 Å². The molecule has 1 heterocycles. The molecule has 71 valence electrons. The molecular weight excluding hydrogens is 200 g/mol. The first-order chi connectivity index (χ1) is 6.81. The van der Waals surface area contributed by atoms with Crippen molar-refractivity contribution >= 4 is 33.3 Å². The molecule has 1 aromatic heterocycles. The Hall–Kier alpha value is -1.62. The maximum atomic E-state index is 11.0. The number of benzene rings is 1. The van der Waals surface area contributed by atoms with Crippen LogP contribution in [0.4, 0.5) is 10.5 Å². The van der Waals surface area contributed by atoms with Crippen molar-refractivity contribution < 1.29 is 9.53 Å². The van der Waals surface area contributed by atoms with Gasteiger partial charge < -0.3 is 4.74 Å². The lowest BCUT2D eigenvalue weighted by atomic mass is 10.3. The first kappa shape index (κ1) is 8.96. The minimum absolute atomic E-state index is 0.495. The fourth-order valence-electron chi connectivity index (χ4n) is 1.10. The van der Waals surface area contributed by atoms with E-state index >= 15 is 0 Å². The quantitative estimate of drug-likeness (QED) is 0.780. The molecule has 1 amide bonds. The first-order valence-corrected chi connectivity index (χ1v) is 4.73. The van der Waals surface area contributed by atoms with Gasteiger partial charge in [-0.05, 0) is 12.1 Å². The number of anilines is 1. The second-order valence-electron chi connectivity index (χ2n) is 2.57. The molecule has 1 aromatic carbocycles. The van der Waals surface area contributed by atoms with Gasteiger partial charge in [-0.15, -0.1) is 11.3 Å². The molecule has 14 heavy (non-hydrogen) atoms. The minimum atomic E-state index is -0.495. The zero-order valence-electron chi connectivity index (χ0n) is 7.40. The van der Waals surface area contributed by atoms with Crippen molar-refractivity contribution in [1.82, 2.24) is 4.98 Å². The molecule has 4 nitrogen and oxygen atoms in total. The highest BCUT2D eigenvalue weighted by Crippen LogP contribution is 2.24. The molecule has 0 unspecified atom stereocenters. The first-order valence-electron chi connectivity index (χ1n) is 3.92. The van der Waals surface area contributed by atoms with Crippen molar-refractivity contribution in [2.75, 3.05) is 12.4 Å². The lowest BCUT2D eigenvalue weighted by Crippen LogP contribution is -2.11. The summed E-state index contributed by atoms with van der Waals surface area (Å²) in [4.78, 5) is 15.0. The molecule has 0 atom stereocenters. The number of fused-ring (bicyclic) bond motifs is 1. The van der Waals surface area contributed by atoms with E-state index < -0.39 is 6.09 Å². The Morgan fingerprint density at radius 1 is 1.64 bits per heavy atom. The molecular formula is C9H7N2O2S. The van der Waals surface area contributed by atoms with Crippen LogP contribution >= 0.6 is 11.3 Å². The van der Waals surface area contributed by atoms with E-state index in [1.54, 1.807) is 6.07 Å². The molecule has 1 radical (unpaired) electrons. The van der Waals surface area contributed by atoms with Crippen LogP contribution in [-0.2, 0) is 4.74 Å². The summed E-state index contributed by atoms with van der Waals surface area (Å²) in [7, 11) is 1.32. The van der Waals surface area contributed by atoms with Gasteiger partial charge in [-0.3, -0.25) is 5.32 Å². The molecule has 0 saturated carbocycles. The second kappa shape index (κ2) is 3.63. The summed E-state index contributed by atoms with van der Waals surface area (Å²) >= 11 is 1.41. The SMILES string of the molecule is COC(=O)Nc1cccc2s[c]nc12. The number of thiazole rings is 1. The van der Waals surface area contributed by atoms with Gasteiger partial charge in [0.25, 0.3) is 0 Å². The van der Waals surface area contributed by atoms with Crippen LogP contribution in [0.5, 0.6) is 0 Å². The summed E-state index contributed by atoms with van der Waals surface area (Å²) < 4.78 is 5.48. The largest absolute Gasteiger partial charge is 0.453 e. The topological polar surface area (TPSA) is 51.2 Å². The van der Waals surface area contributed by atoms with Crippen molar-refractivity contribution in [1.29, 1.82) is 0 Å².